The van der Waals surface area contributed by atoms with Crippen LogP contribution < -0.4 is 0 Å². The minimum atomic E-state index is -0.125. The molecule has 62 valence electrons. The molecule has 10 heavy (non-hydrogen) atoms. The van der Waals surface area contributed by atoms with E-state index >= 15 is 0 Å². The van der Waals surface area contributed by atoms with Crippen molar-refractivity contribution < 1.29 is 14.9 Å². The van der Waals surface area contributed by atoms with Crippen LogP contribution >= 0.6 is 0 Å². The Morgan fingerprint density at radius 1 is 1.40 bits per heavy atom. The largest absolute Gasteiger partial charge is 0.394 e. The Labute approximate surface area is 61.9 Å². The maximum atomic E-state index is 7.62. The van der Waals surface area contributed by atoms with Crippen LogP contribution in [-0.4, -0.2) is 36.6 Å². The minimum Gasteiger partial charge on any atom is -0.394 e. The lowest BCUT2D eigenvalue weighted by atomic mass is 10.7. The monoisotopic (exact) mass is 148 g/mol. The molecule has 0 spiro atoms. The zero-order chi connectivity index (χ0) is 8.24. The number of ether oxygens (including phenoxy) is 1. The zero-order valence-electron chi connectivity index (χ0n) is 6.42. The second-order valence-electron chi connectivity index (χ2n) is 1.40. The van der Waals surface area contributed by atoms with E-state index in [1.807, 2.05) is 6.92 Å². The average Bonchev–Trinajstić information content (AvgIpc) is 2.01. The molecule has 2 N–H and O–H groups in total. The lowest BCUT2D eigenvalue weighted by molar-refractivity contribution is 0.178. The molecule has 0 aliphatic heterocycles. The molecular weight excluding hydrogens is 132 g/mol. The fraction of sp³-hybridized carbons (Fsp3) is 0.714. The smallest absolute Gasteiger partial charge is 0.0662 e. The van der Waals surface area contributed by atoms with Crippen LogP contribution in [0.5, 0.6) is 0 Å². The van der Waals surface area contributed by atoms with E-state index in [2.05, 4.69) is 6.58 Å². The van der Waals surface area contributed by atoms with Gasteiger partial charge in [-0.25, -0.2) is 0 Å². The van der Waals surface area contributed by atoms with Gasteiger partial charge in [-0.1, -0.05) is 6.08 Å². The molecule has 0 aromatic carbocycles. The van der Waals surface area contributed by atoms with Gasteiger partial charge in [-0.05, 0) is 6.92 Å². The van der Waals surface area contributed by atoms with Gasteiger partial charge in [0.2, 0.25) is 0 Å². The maximum absolute atomic E-state index is 7.62. The van der Waals surface area contributed by atoms with E-state index in [-0.39, 0.29) is 13.2 Å². The fourth-order valence-corrected chi connectivity index (χ4v) is 0.201. The first kappa shape index (κ1) is 12.3. The van der Waals surface area contributed by atoms with E-state index in [9.17, 15) is 0 Å². The summed E-state index contributed by atoms with van der Waals surface area (Å²) in [5, 5.41) is 15.2. The quantitative estimate of drug-likeness (QED) is 0.441. The first-order valence-electron chi connectivity index (χ1n) is 3.23. The summed E-state index contributed by atoms with van der Waals surface area (Å²) in [6.45, 7) is 6.65. The molecule has 3 heteroatoms. The predicted molar refractivity (Wildman–Crippen MR) is 40.9 cm³/mol. The van der Waals surface area contributed by atoms with Crippen molar-refractivity contribution in [2.75, 3.05) is 26.4 Å². The fourth-order valence-electron chi connectivity index (χ4n) is 0.201. The van der Waals surface area contributed by atoms with Crippen molar-refractivity contribution in [2.24, 2.45) is 0 Å². The molecule has 0 atom stereocenters. The van der Waals surface area contributed by atoms with Crippen LogP contribution in [0.2, 0.25) is 0 Å². The number of hydrogen-bond acceptors (Lipinski definition) is 3. The zero-order valence-corrected chi connectivity index (χ0v) is 6.42. The van der Waals surface area contributed by atoms with Crippen LogP contribution in [0.25, 0.3) is 0 Å². The van der Waals surface area contributed by atoms with Gasteiger partial charge in [-0.3, -0.25) is 0 Å². The Bertz CT molecular complexity index is 52.8. The highest BCUT2D eigenvalue weighted by atomic mass is 16.5. The SMILES string of the molecule is C=CCOCC.OCCO. The van der Waals surface area contributed by atoms with Gasteiger partial charge >= 0.3 is 0 Å². The van der Waals surface area contributed by atoms with Crippen LogP contribution in [0.3, 0.4) is 0 Å². The summed E-state index contributed by atoms with van der Waals surface area (Å²) in [6.07, 6.45) is 1.74. The molecule has 0 rings (SSSR count). The summed E-state index contributed by atoms with van der Waals surface area (Å²) >= 11 is 0. The molecule has 3 nitrogen and oxygen atoms in total. The first-order chi connectivity index (χ1) is 4.83. The summed E-state index contributed by atoms with van der Waals surface area (Å²) in [4.78, 5) is 0. The van der Waals surface area contributed by atoms with Gasteiger partial charge in [0.15, 0.2) is 0 Å². The lowest BCUT2D eigenvalue weighted by Gasteiger charge is -1.88. The van der Waals surface area contributed by atoms with E-state index in [4.69, 9.17) is 14.9 Å². The third-order valence-electron chi connectivity index (χ3n) is 0.540. The van der Waals surface area contributed by atoms with E-state index in [1.165, 1.54) is 0 Å². The Kier molecular flexibility index (Phi) is 19.5. The highest BCUT2D eigenvalue weighted by Gasteiger charge is 1.67. The van der Waals surface area contributed by atoms with Crippen molar-refractivity contribution in [2.45, 2.75) is 6.92 Å². The molecule has 0 aliphatic carbocycles. The van der Waals surface area contributed by atoms with Crippen molar-refractivity contribution >= 4 is 0 Å². The summed E-state index contributed by atoms with van der Waals surface area (Å²) in [5.74, 6) is 0. The van der Waals surface area contributed by atoms with E-state index in [0.717, 1.165) is 6.61 Å². The van der Waals surface area contributed by atoms with Crippen LogP contribution in [0.4, 0.5) is 0 Å². The van der Waals surface area contributed by atoms with Crippen molar-refractivity contribution in [1.29, 1.82) is 0 Å². The number of rotatable bonds is 4. The Balaban J connectivity index is 0. The van der Waals surface area contributed by atoms with Crippen LogP contribution in [0.15, 0.2) is 12.7 Å². The van der Waals surface area contributed by atoms with Gasteiger partial charge in [0, 0.05) is 6.61 Å². The van der Waals surface area contributed by atoms with Gasteiger partial charge in [0.25, 0.3) is 0 Å². The minimum absolute atomic E-state index is 0.125. The van der Waals surface area contributed by atoms with E-state index < -0.39 is 0 Å². The standard InChI is InChI=1S/C5H10O.C2H6O2/c1-3-5-6-4-2;3-1-2-4/h3H,1,4-5H2,2H3;3-4H,1-2H2. The van der Waals surface area contributed by atoms with Crippen LogP contribution in [0.1, 0.15) is 6.92 Å². The summed E-state index contributed by atoms with van der Waals surface area (Å²) < 4.78 is 4.86. The van der Waals surface area contributed by atoms with Gasteiger partial charge in [0.1, 0.15) is 0 Å². The van der Waals surface area contributed by atoms with Gasteiger partial charge < -0.3 is 14.9 Å². The molecular formula is C7H16O3. The predicted octanol–water partition coefficient (Wildman–Crippen LogP) is 0.180. The summed E-state index contributed by atoms with van der Waals surface area (Å²) in [6, 6.07) is 0. The third kappa shape index (κ3) is 25.5. The number of aliphatic hydroxyl groups excluding tert-OH is 2. The van der Waals surface area contributed by atoms with Gasteiger partial charge in [0.05, 0.1) is 19.8 Å². The molecule has 0 radical (unpaired) electrons. The Morgan fingerprint density at radius 2 is 1.90 bits per heavy atom. The van der Waals surface area contributed by atoms with E-state index in [1.54, 1.807) is 6.08 Å². The topological polar surface area (TPSA) is 49.7 Å². The van der Waals surface area contributed by atoms with E-state index in [0.29, 0.717) is 6.61 Å². The molecule has 0 unspecified atom stereocenters. The highest BCUT2D eigenvalue weighted by molar-refractivity contribution is 4.62. The molecule has 0 bridgehead atoms. The summed E-state index contributed by atoms with van der Waals surface area (Å²) in [7, 11) is 0. The second kappa shape index (κ2) is 15.8. The molecule has 0 aromatic heterocycles. The number of aliphatic hydroxyl groups is 2. The molecule has 0 amide bonds. The van der Waals surface area contributed by atoms with Crippen LogP contribution in [0, 0.1) is 0 Å². The molecule has 0 heterocycles. The summed E-state index contributed by atoms with van der Waals surface area (Å²) in [5.41, 5.74) is 0. The maximum Gasteiger partial charge on any atom is 0.0662 e. The second-order valence-corrected chi connectivity index (χ2v) is 1.40. The average molecular weight is 148 g/mol. The molecule has 0 aromatic rings. The van der Waals surface area contributed by atoms with Crippen molar-refractivity contribution in [1.82, 2.24) is 0 Å². The molecule has 0 saturated heterocycles. The van der Waals surface area contributed by atoms with Crippen molar-refractivity contribution in [3.8, 4) is 0 Å². The third-order valence-corrected chi connectivity index (χ3v) is 0.540. The molecule has 0 saturated carbocycles. The van der Waals surface area contributed by atoms with Gasteiger partial charge in [-0.15, -0.1) is 6.58 Å². The van der Waals surface area contributed by atoms with Crippen molar-refractivity contribution in [3.05, 3.63) is 12.7 Å². The lowest BCUT2D eigenvalue weighted by Crippen LogP contribution is -1.86. The number of hydrogen-bond donors (Lipinski definition) is 2. The van der Waals surface area contributed by atoms with Crippen LogP contribution in [-0.2, 0) is 4.74 Å². The van der Waals surface area contributed by atoms with Gasteiger partial charge in [-0.2, -0.15) is 0 Å². The Hall–Kier alpha value is -0.380. The molecule has 0 aliphatic rings. The highest BCUT2D eigenvalue weighted by Crippen LogP contribution is 1.69. The Morgan fingerprint density at radius 3 is 2.00 bits per heavy atom. The van der Waals surface area contributed by atoms with Crippen molar-refractivity contribution in [3.63, 3.8) is 0 Å². The first-order valence-corrected chi connectivity index (χ1v) is 3.23. The normalized spacial score (nSPS) is 7.90. The molecule has 0 fully saturated rings.